The molecule has 0 spiro atoms. The molecule has 0 N–H and O–H groups in total. The molecule has 1 atom stereocenters. The Bertz CT molecular complexity index is 899. The van der Waals surface area contributed by atoms with Gasteiger partial charge in [0.05, 0.1) is 37.6 Å². The Morgan fingerprint density at radius 3 is 2.35 bits per heavy atom. The van der Waals surface area contributed by atoms with Gasteiger partial charge in [0, 0.05) is 45.0 Å². The molecule has 0 bridgehead atoms. The van der Waals surface area contributed by atoms with Gasteiger partial charge in [-0.1, -0.05) is 30.3 Å². The van der Waals surface area contributed by atoms with Crippen molar-refractivity contribution in [3.05, 3.63) is 53.3 Å². The maximum absolute atomic E-state index is 13.1. The Morgan fingerprint density at radius 2 is 1.68 bits per heavy atom. The van der Waals surface area contributed by atoms with Gasteiger partial charge in [-0.05, 0) is 19.4 Å². The maximum Gasteiger partial charge on any atom is 0.257 e. The summed E-state index contributed by atoms with van der Waals surface area (Å²) in [6, 6.07) is 9.94. The van der Waals surface area contributed by atoms with E-state index in [4.69, 9.17) is 4.74 Å². The molecule has 0 aliphatic carbocycles. The second-order valence-corrected chi connectivity index (χ2v) is 8.23. The van der Waals surface area contributed by atoms with E-state index in [1.807, 2.05) is 46.5 Å². The zero-order valence-corrected chi connectivity index (χ0v) is 18.4. The second kappa shape index (κ2) is 9.62. The highest BCUT2D eigenvalue weighted by Crippen LogP contribution is 2.16. The highest BCUT2D eigenvalue weighted by Gasteiger charge is 2.31. The largest absolute Gasteiger partial charge is 0.378 e. The molecule has 2 aliphatic rings. The molecule has 3 heterocycles. The maximum atomic E-state index is 13.1. The third kappa shape index (κ3) is 4.80. The molecule has 31 heavy (non-hydrogen) atoms. The van der Waals surface area contributed by atoms with Crippen LogP contribution in [0.2, 0.25) is 0 Å². The van der Waals surface area contributed by atoms with Gasteiger partial charge in [0.1, 0.15) is 0 Å². The molecule has 166 valence electrons. The quantitative estimate of drug-likeness (QED) is 0.721. The lowest BCUT2D eigenvalue weighted by molar-refractivity contribution is -0.141. The van der Waals surface area contributed by atoms with E-state index < -0.39 is 0 Å². The Hall–Kier alpha value is -2.71. The summed E-state index contributed by atoms with van der Waals surface area (Å²) in [6.45, 7) is 9.72. The van der Waals surface area contributed by atoms with Crippen molar-refractivity contribution in [2.45, 2.75) is 26.4 Å². The minimum absolute atomic E-state index is 0.0172. The van der Waals surface area contributed by atoms with Gasteiger partial charge in [-0.15, -0.1) is 0 Å². The molecule has 2 aromatic rings. The molecule has 1 unspecified atom stereocenters. The highest BCUT2D eigenvalue weighted by atomic mass is 16.5. The zero-order valence-electron chi connectivity index (χ0n) is 18.4. The van der Waals surface area contributed by atoms with Crippen molar-refractivity contribution in [2.24, 2.45) is 0 Å². The minimum atomic E-state index is -0.175. The average molecular weight is 426 g/mol. The Balaban J connectivity index is 1.33. The fourth-order valence-electron chi connectivity index (χ4n) is 4.26. The number of benzene rings is 1. The molecule has 0 radical (unpaired) electrons. The van der Waals surface area contributed by atoms with E-state index >= 15 is 0 Å². The number of hydrogen-bond donors (Lipinski definition) is 0. The van der Waals surface area contributed by atoms with Crippen LogP contribution in [0, 0.1) is 6.92 Å². The second-order valence-electron chi connectivity index (χ2n) is 8.23. The van der Waals surface area contributed by atoms with Crippen molar-refractivity contribution in [1.82, 2.24) is 24.5 Å². The molecule has 2 saturated heterocycles. The summed E-state index contributed by atoms with van der Waals surface area (Å²) < 4.78 is 7.22. The van der Waals surface area contributed by atoms with Gasteiger partial charge >= 0.3 is 0 Å². The van der Waals surface area contributed by atoms with Crippen molar-refractivity contribution in [3.8, 4) is 0 Å². The first-order chi connectivity index (χ1) is 15.0. The van der Waals surface area contributed by atoms with Gasteiger partial charge in [-0.25, -0.2) is 0 Å². The van der Waals surface area contributed by atoms with Crippen molar-refractivity contribution in [1.29, 1.82) is 0 Å². The van der Waals surface area contributed by atoms with Crippen LogP contribution in [0.15, 0.2) is 36.5 Å². The van der Waals surface area contributed by atoms with Crippen molar-refractivity contribution in [2.75, 3.05) is 52.5 Å². The summed E-state index contributed by atoms with van der Waals surface area (Å²) in [5.41, 5.74) is 2.69. The van der Waals surface area contributed by atoms with Crippen molar-refractivity contribution < 1.29 is 14.3 Å². The normalized spacial score (nSPS) is 18.8. The molecule has 2 fully saturated rings. The van der Waals surface area contributed by atoms with E-state index in [1.54, 1.807) is 6.20 Å². The topological polar surface area (TPSA) is 70.9 Å². The lowest BCUT2D eigenvalue weighted by Crippen LogP contribution is -2.56. The van der Waals surface area contributed by atoms with Crippen LogP contribution in [0.3, 0.4) is 0 Å². The van der Waals surface area contributed by atoms with E-state index in [-0.39, 0.29) is 17.9 Å². The lowest BCUT2D eigenvalue weighted by atomic mass is 10.1. The molecule has 2 aliphatic heterocycles. The van der Waals surface area contributed by atoms with Crippen LogP contribution >= 0.6 is 0 Å². The molecule has 2 amide bonds. The molecule has 1 aromatic heterocycles. The monoisotopic (exact) mass is 425 g/mol. The number of carbonyl (C=O) groups is 2. The number of aromatic nitrogens is 2. The highest BCUT2D eigenvalue weighted by molar-refractivity contribution is 5.95. The van der Waals surface area contributed by atoms with Gasteiger partial charge in [-0.2, -0.15) is 5.10 Å². The van der Waals surface area contributed by atoms with Crippen LogP contribution < -0.4 is 0 Å². The predicted octanol–water partition coefficient (Wildman–Crippen LogP) is 1.24. The number of carbonyl (C=O) groups excluding carboxylic acids is 2. The van der Waals surface area contributed by atoms with E-state index in [1.165, 1.54) is 0 Å². The van der Waals surface area contributed by atoms with E-state index in [0.29, 0.717) is 64.6 Å². The molecular formula is C23H31N5O3. The van der Waals surface area contributed by atoms with Gasteiger partial charge in [-0.3, -0.25) is 19.2 Å². The summed E-state index contributed by atoms with van der Waals surface area (Å²) in [5, 5.41) is 4.44. The lowest BCUT2D eigenvalue weighted by Gasteiger charge is -2.39. The number of piperazine rings is 1. The van der Waals surface area contributed by atoms with Crippen LogP contribution in [-0.2, 0) is 16.1 Å². The summed E-state index contributed by atoms with van der Waals surface area (Å²) in [5.74, 6) is 0.171. The summed E-state index contributed by atoms with van der Waals surface area (Å²) in [6.07, 6.45) is 1.68. The van der Waals surface area contributed by atoms with Crippen molar-refractivity contribution in [3.63, 3.8) is 0 Å². The van der Waals surface area contributed by atoms with Gasteiger partial charge in [0.2, 0.25) is 5.91 Å². The molecule has 4 rings (SSSR count). The smallest absolute Gasteiger partial charge is 0.257 e. The standard InChI is InChI=1S/C23H31N5O3/c1-18-21(16-24-28(18)17-20-6-4-3-5-7-20)23(30)26-10-8-25(9-11-26)19(2)22(29)27-12-14-31-15-13-27/h3-7,16,19H,8-15,17H2,1-2H3. The summed E-state index contributed by atoms with van der Waals surface area (Å²) in [7, 11) is 0. The van der Waals surface area contributed by atoms with Crippen LogP contribution in [0.5, 0.6) is 0 Å². The predicted molar refractivity (Wildman–Crippen MR) is 117 cm³/mol. The first-order valence-electron chi connectivity index (χ1n) is 11.0. The van der Waals surface area contributed by atoms with Crippen molar-refractivity contribution >= 4 is 11.8 Å². The number of morpholine rings is 1. The van der Waals surface area contributed by atoms with Gasteiger partial charge in [0.25, 0.3) is 5.91 Å². The van der Waals surface area contributed by atoms with Crippen LogP contribution in [0.25, 0.3) is 0 Å². The number of rotatable bonds is 5. The first-order valence-corrected chi connectivity index (χ1v) is 11.0. The third-order valence-corrected chi connectivity index (χ3v) is 6.34. The van der Waals surface area contributed by atoms with Crippen LogP contribution in [0.4, 0.5) is 0 Å². The number of hydrogen-bond acceptors (Lipinski definition) is 5. The molecular weight excluding hydrogens is 394 g/mol. The summed E-state index contributed by atoms with van der Waals surface area (Å²) in [4.78, 5) is 31.8. The Morgan fingerprint density at radius 1 is 1.00 bits per heavy atom. The van der Waals surface area contributed by atoms with E-state index in [9.17, 15) is 9.59 Å². The molecule has 1 aromatic carbocycles. The average Bonchev–Trinajstić information content (AvgIpc) is 3.19. The van der Waals surface area contributed by atoms with E-state index in [2.05, 4.69) is 22.1 Å². The van der Waals surface area contributed by atoms with Crippen LogP contribution in [-0.4, -0.2) is 94.8 Å². The number of ether oxygens (including phenoxy) is 1. The molecule has 8 nitrogen and oxygen atoms in total. The number of nitrogens with zero attached hydrogens (tertiary/aromatic N) is 5. The zero-order chi connectivity index (χ0) is 21.8. The van der Waals surface area contributed by atoms with Gasteiger partial charge < -0.3 is 14.5 Å². The number of amides is 2. The fraction of sp³-hybridized carbons (Fsp3) is 0.522. The van der Waals surface area contributed by atoms with Gasteiger partial charge in [0.15, 0.2) is 0 Å². The van der Waals surface area contributed by atoms with Crippen LogP contribution in [0.1, 0.15) is 28.5 Å². The Kier molecular flexibility index (Phi) is 6.67. The third-order valence-electron chi connectivity index (χ3n) is 6.34. The molecule has 8 heteroatoms. The van der Waals surface area contributed by atoms with E-state index in [0.717, 1.165) is 11.3 Å². The first kappa shape index (κ1) is 21.5. The fourth-order valence-corrected chi connectivity index (χ4v) is 4.26. The Labute approximate surface area is 183 Å². The minimum Gasteiger partial charge on any atom is -0.378 e. The SMILES string of the molecule is Cc1c(C(=O)N2CCN(C(C)C(=O)N3CCOCC3)CC2)cnn1Cc1ccccc1. The summed E-state index contributed by atoms with van der Waals surface area (Å²) >= 11 is 0. The molecule has 0 saturated carbocycles.